The number of unbranched alkanes of at least 4 members (excludes halogenated alkanes) is 1. The molecule has 0 heterocycles. The predicted octanol–water partition coefficient (Wildman–Crippen LogP) is 6.09. The van der Waals surface area contributed by atoms with Crippen LogP contribution in [0.2, 0.25) is 0 Å². The zero-order chi connectivity index (χ0) is 23.8. The Kier molecular flexibility index (Phi) is 6.70. The summed E-state index contributed by atoms with van der Waals surface area (Å²) in [6.45, 7) is 2.20. The lowest BCUT2D eigenvalue weighted by Crippen LogP contribution is -2.59. The molecule has 4 bridgehead atoms. The maximum Gasteiger partial charge on any atom is 0.241 e. The van der Waals surface area contributed by atoms with Crippen molar-refractivity contribution in [1.29, 1.82) is 0 Å². The zero-order valence-corrected chi connectivity index (χ0v) is 21.5. The van der Waals surface area contributed by atoms with Crippen LogP contribution in [-0.2, 0) is 16.4 Å². The van der Waals surface area contributed by atoms with Crippen molar-refractivity contribution < 1.29 is 8.42 Å². The Hall–Kier alpha value is -1.96. The standard InChI is InChI=1S/C27H35N3O2S2/c1-2-3-4-19-5-7-23(8-6-19)28-26(33)29-24-9-11-25(12-10-24)34(31,32)30-27-16-20-13-21(17-27)15-22(14-20)18-27/h5-12,20-22,30H,2-4,13-18H2,1H3,(H2,28,29,33). The van der Waals surface area contributed by atoms with Crippen LogP contribution >= 0.6 is 12.2 Å². The van der Waals surface area contributed by atoms with Gasteiger partial charge in [-0.05, 0) is 123 Å². The minimum Gasteiger partial charge on any atom is -0.332 e. The molecule has 3 N–H and O–H groups in total. The fraction of sp³-hybridized carbons (Fsp3) is 0.519. The monoisotopic (exact) mass is 497 g/mol. The van der Waals surface area contributed by atoms with Crippen LogP contribution in [-0.4, -0.2) is 19.1 Å². The summed E-state index contributed by atoms with van der Waals surface area (Å²) in [5.74, 6) is 2.09. The molecule has 5 nitrogen and oxygen atoms in total. The van der Waals surface area contributed by atoms with Crippen LogP contribution in [0.5, 0.6) is 0 Å². The Morgan fingerprint density at radius 1 is 0.882 bits per heavy atom. The molecule has 2 aromatic carbocycles. The average molecular weight is 498 g/mol. The van der Waals surface area contributed by atoms with Crippen molar-refractivity contribution >= 4 is 38.7 Å². The molecule has 0 unspecified atom stereocenters. The van der Waals surface area contributed by atoms with Gasteiger partial charge in [0.15, 0.2) is 5.11 Å². The van der Waals surface area contributed by atoms with E-state index in [0.29, 0.717) is 27.8 Å². The molecule has 7 heteroatoms. The number of thiocarbonyl (C=S) groups is 1. The number of aryl methyl sites for hydroxylation is 1. The van der Waals surface area contributed by atoms with Crippen LogP contribution in [0.25, 0.3) is 0 Å². The first-order valence-corrected chi connectivity index (χ1v) is 14.5. The van der Waals surface area contributed by atoms with Gasteiger partial charge in [0.05, 0.1) is 4.90 Å². The van der Waals surface area contributed by atoms with Crippen LogP contribution in [0, 0.1) is 17.8 Å². The lowest BCUT2D eigenvalue weighted by molar-refractivity contribution is -0.00810. The molecule has 0 radical (unpaired) electrons. The molecular weight excluding hydrogens is 462 g/mol. The van der Waals surface area contributed by atoms with Gasteiger partial charge in [-0.2, -0.15) is 0 Å². The quantitative estimate of drug-likeness (QED) is 0.385. The molecule has 4 fully saturated rings. The van der Waals surface area contributed by atoms with Crippen LogP contribution in [0.1, 0.15) is 63.9 Å². The van der Waals surface area contributed by atoms with Crippen molar-refractivity contribution in [2.24, 2.45) is 17.8 Å². The van der Waals surface area contributed by atoms with Gasteiger partial charge in [-0.25, -0.2) is 13.1 Å². The van der Waals surface area contributed by atoms with Gasteiger partial charge in [-0.1, -0.05) is 25.5 Å². The second-order valence-electron chi connectivity index (χ2n) is 10.7. The third-order valence-corrected chi connectivity index (χ3v) is 9.64. The first-order chi connectivity index (χ1) is 16.3. The largest absolute Gasteiger partial charge is 0.332 e. The summed E-state index contributed by atoms with van der Waals surface area (Å²) in [5, 5.41) is 6.82. The highest BCUT2D eigenvalue weighted by Crippen LogP contribution is 2.56. The van der Waals surface area contributed by atoms with E-state index in [2.05, 4.69) is 34.4 Å². The molecule has 0 saturated heterocycles. The number of anilines is 2. The van der Waals surface area contributed by atoms with E-state index in [4.69, 9.17) is 12.2 Å². The van der Waals surface area contributed by atoms with E-state index >= 15 is 0 Å². The minimum atomic E-state index is -3.55. The Balaban J connectivity index is 1.18. The Bertz CT molecular complexity index is 1090. The summed E-state index contributed by atoms with van der Waals surface area (Å²) in [7, 11) is -3.55. The Labute approximate surface area is 209 Å². The van der Waals surface area contributed by atoms with Crippen molar-refractivity contribution in [2.75, 3.05) is 10.6 Å². The third kappa shape index (κ3) is 5.31. The first kappa shape index (κ1) is 23.8. The molecule has 6 rings (SSSR count). The van der Waals surface area contributed by atoms with Crippen molar-refractivity contribution in [1.82, 2.24) is 4.72 Å². The molecular formula is C27H35N3O2S2. The summed E-state index contributed by atoms with van der Waals surface area (Å²) in [4.78, 5) is 0.315. The number of nitrogens with one attached hydrogen (secondary N) is 3. The minimum absolute atomic E-state index is 0.234. The van der Waals surface area contributed by atoms with Gasteiger partial charge in [0.1, 0.15) is 0 Å². The van der Waals surface area contributed by atoms with Crippen LogP contribution in [0.3, 0.4) is 0 Å². The highest BCUT2D eigenvalue weighted by Gasteiger charge is 2.52. The smallest absolute Gasteiger partial charge is 0.241 e. The summed E-state index contributed by atoms with van der Waals surface area (Å²) in [6.07, 6.45) is 10.3. The van der Waals surface area contributed by atoms with Gasteiger partial charge < -0.3 is 10.6 Å². The van der Waals surface area contributed by atoms with Gasteiger partial charge in [0, 0.05) is 16.9 Å². The molecule has 2 aromatic rings. The second-order valence-corrected chi connectivity index (χ2v) is 12.8. The molecule has 0 spiro atoms. The first-order valence-electron chi connectivity index (χ1n) is 12.6. The third-order valence-electron chi connectivity index (χ3n) is 7.84. The van der Waals surface area contributed by atoms with E-state index in [1.165, 1.54) is 37.7 Å². The summed E-state index contributed by atoms with van der Waals surface area (Å²) >= 11 is 5.45. The van der Waals surface area contributed by atoms with Crippen LogP contribution in [0.15, 0.2) is 53.4 Å². The van der Waals surface area contributed by atoms with E-state index in [-0.39, 0.29) is 5.54 Å². The molecule has 4 saturated carbocycles. The predicted molar refractivity (Wildman–Crippen MR) is 143 cm³/mol. The SMILES string of the molecule is CCCCc1ccc(NC(=S)Nc2ccc(S(=O)(=O)NC34CC5CC(CC(C5)C3)C4)cc2)cc1. The number of hydrogen-bond acceptors (Lipinski definition) is 3. The number of rotatable bonds is 8. The zero-order valence-electron chi connectivity index (χ0n) is 19.8. The Morgan fingerprint density at radius 2 is 1.38 bits per heavy atom. The van der Waals surface area contributed by atoms with E-state index in [1.54, 1.807) is 24.3 Å². The highest BCUT2D eigenvalue weighted by atomic mass is 32.2. The fourth-order valence-electron chi connectivity index (χ4n) is 6.73. The maximum absolute atomic E-state index is 13.2. The molecule has 0 amide bonds. The molecule has 0 aliphatic heterocycles. The molecule has 4 aliphatic rings. The molecule has 4 aliphatic carbocycles. The topological polar surface area (TPSA) is 70.2 Å². The van der Waals surface area contributed by atoms with E-state index in [0.717, 1.165) is 37.1 Å². The van der Waals surface area contributed by atoms with Crippen LogP contribution in [0.4, 0.5) is 11.4 Å². The van der Waals surface area contributed by atoms with E-state index in [9.17, 15) is 8.42 Å². The van der Waals surface area contributed by atoms with Gasteiger partial charge >= 0.3 is 0 Å². The van der Waals surface area contributed by atoms with Crippen molar-refractivity contribution in [3.8, 4) is 0 Å². The average Bonchev–Trinajstić information content (AvgIpc) is 2.77. The van der Waals surface area contributed by atoms with E-state index < -0.39 is 10.0 Å². The lowest BCUT2D eigenvalue weighted by atomic mass is 9.53. The van der Waals surface area contributed by atoms with Gasteiger partial charge in [-0.15, -0.1) is 0 Å². The Morgan fingerprint density at radius 3 is 1.88 bits per heavy atom. The van der Waals surface area contributed by atoms with Crippen molar-refractivity contribution in [3.05, 3.63) is 54.1 Å². The number of sulfonamides is 1. The molecule has 182 valence electrons. The number of benzene rings is 2. The van der Waals surface area contributed by atoms with Crippen molar-refractivity contribution in [2.45, 2.75) is 75.1 Å². The highest BCUT2D eigenvalue weighted by molar-refractivity contribution is 7.89. The molecule has 34 heavy (non-hydrogen) atoms. The second kappa shape index (κ2) is 9.59. The molecule has 0 aromatic heterocycles. The van der Waals surface area contributed by atoms with Crippen LogP contribution < -0.4 is 15.4 Å². The van der Waals surface area contributed by atoms with Gasteiger partial charge in [0.25, 0.3) is 0 Å². The summed E-state index contributed by atoms with van der Waals surface area (Å²) < 4.78 is 29.6. The summed E-state index contributed by atoms with van der Waals surface area (Å²) in [6, 6.07) is 15.2. The van der Waals surface area contributed by atoms with Crippen molar-refractivity contribution in [3.63, 3.8) is 0 Å². The number of hydrogen-bond donors (Lipinski definition) is 3. The van der Waals surface area contributed by atoms with Gasteiger partial charge in [-0.3, -0.25) is 0 Å². The van der Waals surface area contributed by atoms with E-state index in [1.807, 2.05) is 12.1 Å². The lowest BCUT2D eigenvalue weighted by Gasteiger charge is -2.56. The van der Waals surface area contributed by atoms with Gasteiger partial charge in [0.2, 0.25) is 10.0 Å². The maximum atomic E-state index is 13.2. The normalized spacial score (nSPS) is 27.5. The summed E-state index contributed by atoms with van der Waals surface area (Å²) in [5.41, 5.74) is 2.77. The fourth-order valence-corrected chi connectivity index (χ4v) is 8.39. The molecule has 0 atom stereocenters.